The van der Waals surface area contributed by atoms with Gasteiger partial charge in [0.25, 0.3) is 11.8 Å². The highest BCUT2D eigenvalue weighted by Gasteiger charge is 2.37. The van der Waals surface area contributed by atoms with Gasteiger partial charge in [-0.1, -0.05) is 29.3 Å². The van der Waals surface area contributed by atoms with E-state index in [1.54, 1.807) is 12.1 Å². The zero-order valence-corrected chi connectivity index (χ0v) is 15.9. The van der Waals surface area contributed by atoms with Crippen LogP contribution in [0.4, 0.5) is 5.69 Å². The number of carbonyl (C=O) groups excluding carboxylic acids is 2. The zero-order chi connectivity index (χ0) is 20.7. The Balaban J connectivity index is 1.64. The van der Waals surface area contributed by atoms with Gasteiger partial charge in [-0.05, 0) is 55.5 Å². The van der Waals surface area contributed by atoms with Crippen LogP contribution in [0.2, 0.25) is 5.02 Å². The molecule has 0 saturated carbocycles. The topological polar surface area (TPSA) is 83.9 Å². The predicted octanol–water partition coefficient (Wildman–Crippen LogP) is 4.94. The molecular weight excluding hydrogens is 394 g/mol. The van der Waals surface area contributed by atoms with Crippen LogP contribution in [-0.4, -0.2) is 22.9 Å². The van der Waals surface area contributed by atoms with Gasteiger partial charge in [0.05, 0.1) is 27.4 Å². The summed E-state index contributed by atoms with van der Waals surface area (Å²) in [5.74, 6) is -1.33. The van der Waals surface area contributed by atoms with Gasteiger partial charge in [-0.3, -0.25) is 9.59 Å². The first-order valence-electron chi connectivity index (χ1n) is 8.65. The summed E-state index contributed by atoms with van der Waals surface area (Å²) in [4.78, 5) is 37.6. The fourth-order valence-electron chi connectivity index (χ4n) is 3.05. The third kappa shape index (κ3) is 3.34. The predicted molar refractivity (Wildman–Crippen MR) is 107 cm³/mol. The second kappa shape index (κ2) is 7.07. The smallest absolute Gasteiger partial charge is 0.335 e. The molecule has 0 unspecified atom stereocenters. The molecule has 0 bridgehead atoms. The van der Waals surface area contributed by atoms with Gasteiger partial charge in [0, 0.05) is 0 Å². The van der Waals surface area contributed by atoms with E-state index in [4.69, 9.17) is 21.4 Å². The molecule has 0 spiro atoms. The lowest BCUT2D eigenvalue weighted by Gasteiger charge is -2.16. The first-order chi connectivity index (χ1) is 13.8. The van der Waals surface area contributed by atoms with Crippen molar-refractivity contribution in [1.29, 1.82) is 0 Å². The summed E-state index contributed by atoms with van der Waals surface area (Å²) in [6.45, 7) is 1.97. The van der Waals surface area contributed by atoms with E-state index >= 15 is 0 Å². The molecular formula is C22H14ClNO5. The maximum Gasteiger partial charge on any atom is 0.335 e. The Morgan fingerprint density at radius 1 is 0.931 bits per heavy atom. The van der Waals surface area contributed by atoms with Crippen LogP contribution in [0.1, 0.15) is 36.6 Å². The van der Waals surface area contributed by atoms with Gasteiger partial charge >= 0.3 is 5.97 Å². The summed E-state index contributed by atoms with van der Waals surface area (Å²) in [5.41, 5.74) is 1.50. The van der Waals surface area contributed by atoms with E-state index in [1.807, 2.05) is 31.2 Å². The van der Waals surface area contributed by atoms with Gasteiger partial charge in [-0.15, -0.1) is 0 Å². The van der Waals surface area contributed by atoms with E-state index in [0.29, 0.717) is 11.5 Å². The van der Waals surface area contributed by atoms with E-state index in [2.05, 4.69) is 0 Å². The minimum Gasteiger partial charge on any atom is -0.478 e. The molecule has 4 rings (SSSR count). The molecule has 0 saturated heterocycles. The summed E-state index contributed by atoms with van der Waals surface area (Å²) in [6, 6.07) is 15.9. The number of ether oxygens (including phenoxy) is 1. The van der Waals surface area contributed by atoms with Crippen molar-refractivity contribution >= 4 is 35.1 Å². The lowest BCUT2D eigenvalue weighted by atomic mass is 10.1. The summed E-state index contributed by atoms with van der Waals surface area (Å²) in [7, 11) is 0. The Labute approximate surface area is 170 Å². The Bertz CT molecular complexity index is 1170. The highest BCUT2D eigenvalue weighted by atomic mass is 35.5. The van der Waals surface area contributed by atoms with Crippen LogP contribution >= 0.6 is 11.6 Å². The average molecular weight is 408 g/mol. The number of fused-ring (bicyclic) bond motifs is 1. The molecule has 1 aliphatic rings. The van der Waals surface area contributed by atoms with E-state index < -0.39 is 17.8 Å². The van der Waals surface area contributed by atoms with E-state index in [9.17, 15) is 14.4 Å². The molecule has 29 heavy (non-hydrogen) atoms. The number of anilines is 1. The quantitative estimate of drug-likeness (QED) is 0.619. The number of hydrogen-bond donors (Lipinski definition) is 1. The monoisotopic (exact) mass is 407 g/mol. The number of nitrogens with zero attached hydrogens (tertiary/aromatic N) is 1. The highest BCUT2D eigenvalue weighted by Crippen LogP contribution is 2.36. The van der Waals surface area contributed by atoms with Crippen LogP contribution in [0.5, 0.6) is 11.5 Å². The number of rotatable bonds is 4. The number of carbonyl (C=O) groups is 3. The number of hydrogen-bond acceptors (Lipinski definition) is 4. The number of benzene rings is 3. The molecule has 0 aliphatic carbocycles. The van der Waals surface area contributed by atoms with Gasteiger partial charge in [-0.25, -0.2) is 9.69 Å². The SMILES string of the molecule is Cc1ccc(Oc2ccc(N3C(=O)c4ccc(C(=O)O)cc4C3=O)cc2Cl)cc1. The number of aryl methyl sites for hydroxylation is 1. The number of amides is 2. The van der Waals surface area contributed by atoms with Crippen molar-refractivity contribution in [3.63, 3.8) is 0 Å². The molecule has 7 heteroatoms. The van der Waals surface area contributed by atoms with Gasteiger partial charge in [0.1, 0.15) is 11.5 Å². The van der Waals surface area contributed by atoms with Crippen molar-refractivity contribution in [2.75, 3.05) is 4.90 Å². The van der Waals surface area contributed by atoms with Crippen LogP contribution in [-0.2, 0) is 0 Å². The molecule has 144 valence electrons. The number of aromatic carboxylic acids is 1. The van der Waals surface area contributed by atoms with Gasteiger partial charge < -0.3 is 9.84 Å². The molecule has 1 N–H and O–H groups in total. The summed E-state index contributed by atoms with van der Waals surface area (Å²) >= 11 is 6.31. The van der Waals surface area contributed by atoms with Crippen molar-refractivity contribution in [2.45, 2.75) is 6.92 Å². The van der Waals surface area contributed by atoms with Crippen molar-refractivity contribution < 1.29 is 24.2 Å². The summed E-state index contributed by atoms with van der Waals surface area (Å²) in [6.07, 6.45) is 0. The van der Waals surface area contributed by atoms with E-state index in [-0.39, 0.29) is 27.4 Å². The second-order valence-corrected chi connectivity index (χ2v) is 6.95. The first-order valence-corrected chi connectivity index (χ1v) is 9.03. The molecule has 3 aromatic rings. The third-order valence-electron chi connectivity index (χ3n) is 4.56. The van der Waals surface area contributed by atoms with Gasteiger partial charge in [0.15, 0.2) is 0 Å². The van der Waals surface area contributed by atoms with Crippen LogP contribution in [0.3, 0.4) is 0 Å². The molecule has 1 aliphatic heterocycles. The molecule has 0 radical (unpaired) electrons. The fourth-order valence-corrected chi connectivity index (χ4v) is 3.27. The number of imide groups is 1. The lowest BCUT2D eigenvalue weighted by molar-refractivity contribution is 0.0696. The highest BCUT2D eigenvalue weighted by molar-refractivity contribution is 6.36. The summed E-state index contributed by atoms with van der Waals surface area (Å²) < 4.78 is 5.75. The molecule has 0 atom stereocenters. The maximum absolute atomic E-state index is 12.7. The van der Waals surface area contributed by atoms with Crippen LogP contribution < -0.4 is 9.64 Å². The largest absolute Gasteiger partial charge is 0.478 e. The van der Waals surface area contributed by atoms with Gasteiger partial charge in [0.2, 0.25) is 0 Å². The van der Waals surface area contributed by atoms with Gasteiger partial charge in [-0.2, -0.15) is 0 Å². The third-order valence-corrected chi connectivity index (χ3v) is 4.85. The maximum atomic E-state index is 12.7. The molecule has 1 heterocycles. The van der Waals surface area contributed by atoms with Crippen molar-refractivity contribution in [3.05, 3.63) is 87.9 Å². The molecule has 0 fully saturated rings. The minimum absolute atomic E-state index is 0.0472. The molecule has 2 amide bonds. The second-order valence-electron chi connectivity index (χ2n) is 6.54. The Kier molecular flexibility index (Phi) is 4.56. The molecule has 0 aromatic heterocycles. The first kappa shape index (κ1) is 18.7. The fraction of sp³-hybridized carbons (Fsp3) is 0.0455. The van der Waals surface area contributed by atoms with Crippen molar-refractivity contribution in [3.8, 4) is 11.5 Å². The minimum atomic E-state index is -1.17. The molecule has 6 nitrogen and oxygen atoms in total. The van der Waals surface area contributed by atoms with Crippen molar-refractivity contribution in [1.82, 2.24) is 0 Å². The number of carboxylic acids is 1. The Morgan fingerprint density at radius 3 is 2.28 bits per heavy atom. The Morgan fingerprint density at radius 2 is 1.62 bits per heavy atom. The average Bonchev–Trinajstić information content (AvgIpc) is 2.95. The number of halogens is 1. The normalized spacial score (nSPS) is 12.8. The molecule has 3 aromatic carbocycles. The Hall–Kier alpha value is -3.64. The van der Waals surface area contributed by atoms with Crippen LogP contribution in [0.25, 0.3) is 0 Å². The van der Waals surface area contributed by atoms with Crippen LogP contribution in [0.15, 0.2) is 60.7 Å². The van der Waals surface area contributed by atoms with Crippen LogP contribution in [0, 0.1) is 6.92 Å². The van der Waals surface area contributed by atoms with Crippen molar-refractivity contribution in [2.24, 2.45) is 0 Å². The number of carboxylic acid groups (broad SMARTS) is 1. The lowest BCUT2D eigenvalue weighted by Crippen LogP contribution is -2.29. The zero-order valence-electron chi connectivity index (χ0n) is 15.2. The summed E-state index contributed by atoms with van der Waals surface area (Å²) in [5, 5.41) is 9.34. The van der Waals surface area contributed by atoms with E-state index in [1.165, 1.54) is 24.3 Å². The standard InChI is InChI=1S/C22H14ClNO5/c1-12-2-6-15(7-3-12)29-19-9-5-14(11-18(19)23)24-20(25)16-8-4-13(22(27)28)10-17(16)21(24)26/h2-11H,1H3,(H,27,28). The van der Waals surface area contributed by atoms with E-state index in [0.717, 1.165) is 10.5 Å².